The normalized spacial score (nSPS) is 25.2. The minimum Gasteiger partial charge on any atom is -0.451 e. The summed E-state index contributed by atoms with van der Waals surface area (Å²) in [7, 11) is 0. The first-order valence-electron chi connectivity index (χ1n) is 7.90. The summed E-state index contributed by atoms with van der Waals surface area (Å²) < 4.78 is 6.74. The lowest BCUT2D eigenvalue weighted by molar-refractivity contribution is 0.0729. The van der Waals surface area contributed by atoms with Crippen LogP contribution in [-0.2, 0) is 0 Å². The monoisotopic (exact) mass is 362 g/mol. The molecule has 2 aromatic rings. The van der Waals surface area contributed by atoms with Gasteiger partial charge in [0, 0.05) is 22.9 Å². The summed E-state index contributed by atoms with van der Waals surface area (Å²) in [6.07, 6.45) is 2.18. The lowest BCUT2D eigenvalue weighted by atomic mass is 9.92. The van der Waals surface area contributed by atoms with Gasteiger partial charge in [-0.1, -0.05) is 15.9 Å². The number of carbonyl (C=O) groups is 1. The predicted molar refractivity (Wildman–Crippen MR) is 88.9 cm³/mol. The zero-order valence-corrected chi connectivity index (χ0v) is 13.9. The first kappa shape index (κ1) is 14.3. The van der Waals surface area contributed by atoms with Crippen LogP contribution in [0.2, 0.25) is 0 Å². The van der Waals surface area contributed by atoms with Crippen molar-refractivity contribution in [1.82, 2.24) is 10.2 Å². The third kappa shape index (κ3) is 2.57. The molecule has 116 valence electrons. The standard InChI is InChI=1S/C17H19BrN2O2/c18-14-1-2-15-13(7-14)8-16(22-15)17(21)20-5-3-11-9-19-10-12(11)4-6-20/h1-2,7-8,11-12,19H,3-6,9-10H2/t11-,12+. The van der Waals surface area contributed by atoms with E-state index in [9.17, 15) is 4.79 Å². The second-order valence-electron chi connectivity index (χ2n) is 6.34. The Bertz CT molecular complexity index is 698. The average Bonchev–Trinajstić information content (AvgIpc) is 3.08. The van der Waals surface area contributed by atoms with Gasteiger partial charge in [-0.15, -0.1) is 0 Å². The molecule has 1 amide bonds. The van der Waals surface area contributed by atoms with Gasteiger partial charge in [-0.25, -0.2) is 0 Å². The molecule has 0 radical (unpaired) electrons. The smallest absolute Gasteiger partial charge is 0.289 e. The maximum atomic E-state index is 12.7. The summed E-state index contributed by atoms with van der Waals surface area (Å²) in [4.78, 5) is 14.7. The van der Waals surface area contributed by atoms with Crippen molar-refractivity contribution in [3.63, 3.8) is 0 Å². The van der Waals surface area contributed by atoms with Gasteiger partial charge in [-0.3, -0.25) is 4.79 Å². The van der Waals surface area contributed by atoms with Crippen LogP contribution in [0, 0.1) is 11.8 Å². The van der Waals surface area contributed by atoms with Crippen LogP contribution >= 0.6 is 15.9 Å². The summed E-state index contributed by atoms with van der Waals surface area (Å²) in [5.74, 6) is 1.94. The van der Waals surface area contributed by atoms with E-state index in [1.165, 1.54) is 0 Å². The zero-order valence-electron chi connectivity index (χ0n) is 12.3. The molecule has 0 spiro atoms. The Kier molecular flexibility index (Phi) is 3.70. The molecular formula is C17H19BrN2O2. The number of halogens is 1. The molecule has 5 heteroatoms. The number of carbonyl (C=O) groups excluding carboxylic acids is 1. The molecule has 2 aliphatic rings. The van der Waals surface area contributed by atoms with Crippen molar-refractivity contribution in [1.29, 1.82) is 0 Å². The van der Waals surface area contributed by atoms with Crippen LogP contribution in [0.4, 0.5) is 0 Å². The second-order valence-corrected chi connectivity index (χ2v) is 7.26. The summed E-state index contributed by atoms with van der Waals surface area (Å²) in [5, 5.41) is 4.43. The van der Waals surface area contributed by atoms with Crippen molar-refractivity contribution in [2.45, 2.75) is 12.8 Å². The molecule has 22 heavy (non-hydrogen) atoms. The van der Waals surface area contributed by atoms with Crippen LogP contribution in [0.3, 0.4) is 0 Å². The summed E-state index contributed by atoms with van der Waals surface area (Å²) >= 11 is 3.45. The van der Waals surface area contributed by atoms with Crippen LogP contribution in [0.15, 0.2) is 33.2 Å². The number of furan rings is 1. The van der Waals surface area contributed by atoms with E-state index in [1.54, 1.807) is 0 Å². The van der Waals surface area contributed by atoms with Crippen molar-refractivity contribution < 1.29 is 9.21 Å². The number of hydrogen-bond donors (Lipinski definition) is 1. The highest BCUT2D eigenvalue weighted by Crippen LogP contribution is 2.29. The minimum absolute atomic E-state index is 0.0280. The molecule has 2 aliphatic heterocycles. The first-order chi connectivity index (χ1) is 10.7. The average molecular weight is 363 g/mol. The number of hydrogen-bond acceptors (Lipinski definition) is 3. The minimum atomic E-state index is 0.0280. The third-order valence-corrected chi connectivity index (χ3v) is 5.49. The van der Waals surface area contributed by atoms with Gasteiger partial charge in [0.15, 0.2) is 5.76 Å². The van der Waals surface area contributed by atoms with Crippen molar-refractivity contribution >= 4 is 32.8 Å². The quantitative estimate of drug-likeness (QED) is 0.846. The van der Waals surface area contributed by atoms with E-state index in [0.29, 0.717) is 5.76 Å². The molecule has 1 N–H and O–H groups in total. The van der Waals surface area contributed by atoms with E-state index in [1.807, 2.05) is 29.2 Å². The Hall–Kier alpha value is -1.33. The van der Waals surface area contributed by atoms with Crippen molar-refractivity contribution in [3.05, 3.63) is 34.5 Å². The molecule has 3 heterocycles. The molecule has 2 saturated heterocycles. The van der Waals surface area contributed by atoms with Crippen LogP contribution < -0.4 is 5.32 Å². The predicted octanol–water partition coefficient (Wildman–Crippen LogP) is 3.27. The summed E-state index contributed by atoms with van der Waals surface area (Å²) in [6, 6.07) is 7.67. The second kappa shape index (κ2) is 5.70. The molecule has 1 aromatic heterocycles. The van der Waals surface area contributed by atoms with Gasteiger partial charge < -0.3 is 14.6 Å². The first-order valence-corrected chi connectivity index (χ1v) is 8.69. The Labute approximate surface area is 138 Å². The molecule has 0 unspecified atom stereocenters. The van der Waals surface area contributed by atoms with E-state index in [0.717, 1.165) is 66.3 Å². The van der Waals surface area contributed by atoms with Gasteiger partial charge in [0.1, 0.15) is 5.58 Å². The molecular weight excluding hydrogens is 344 g/mol. The molecule has 1 aromatic carbocycles. The highest BCUT2D eigenvalue weighted by molar-refractivity contribution is 9.10. The van der Waals surface area contributed by atoms with Gasteiger partial charge >= 0.3 is 0 Å². The Morgan fingerprint density at radius 2 is 1.91 bits per heavy atom. The molecule has 0 saturated carbocycles. The van der Waals surface area contributed by atoms with Crippen molar-refractivity contribution in [2.75, 3.05) is 26.2 Å². The molecule has 4 nitrogen and oxygen atoms in total. The van der Waals surface area contributed by atoms with Crippen LogP contribution in [-0.4, -0.2) is 37.0 Å². The van der Waals surface area contributed by atoms with Crippen molar-refractivity contribution in [3.8, 4) is 0 Å². The van der Waals surface area contributed by atoms with Gasteiger partial charge in [-0.2, -0.15) is 0 Å². The van der Waals surface area contributed by atoms with Gasteiger partial charge in [0.2, 0.25) is 0 Å². The number of likely N-dealkylation sites (tertiary alicyclic amines) is 1. The van der Waals surface area contributed by atoms with E-state index < -0.39 is 0 Å². The maximum absolute atomic E-state index is 12.7. The van der Waals surface area contributed by atoms with E-state index in [-0.39, 0.29) is 5.91 Å². The topological polar surface area (TPSA) is 45.5 Å². The van der Waals surface area contributed by atoms with Crippen LogP contribution in [0.25, 0.3) is 11.0 Å². The molecule has 0 bridgehead atoms. The fraction of sp³-hybridized carbons (Fsp3) is 0.471. The Balaban J connectivity index is 1.54. The highest BCUT2D eigenvalue weighted by Gasteiger charge is 2.32. The lowest BCUT2D eigenvalue weighted by Gasteiger charge is -2.19. The number of amides is 1. The fourth-order valence-electron chi connectivity index (χ4n) is 3.70. The van der Waals surface area contributed by atoms with Gasteiger partial charge in [0.05, 0.1) is 0 Å². The largest absolute Gasteiger partial charge is 0.451 e. The van der Waals surface area contributed by atoms with E-state index >= 15 is 0 Å². The Morgan fingerprint density at radius 1 is 1.18 bits per heavy atom. The van der Waals surface area contributed by atoms with Crippen molar-refractivity contribution in [2.24, 2.45) is 11.8 Å². The number of rotatable bonds is 1. The summed E-state index contributed by atoms with van der Waals surface area (Å²) in [5.41, 5.74) is 0.766. The van der Waals surface area contributed by atoms with Gasteiger partial charge in [0.25, 0.3) is 5.91 Å². The number of nitrogens with zero attached hydrogens (tertiary/aromatic N) is 1. The molecule has 4 rings (SSSR count). The molecule has 2 fully saturated rings. The third-order valence-electron chi connectivity index (χ3n) is 5.00. The zero-order chi connectivity index (χ0) is 15.1. The van der Waals surface area contributed by atoms with Crippen LogP contribution in [0.1, 0.15) is 23.4 Å². The lowest BCUT2D eigenvalue weighted by Crippen LogP contribution is -2.32. The summed E-state index contributed by atoms with van der Waals surface area (Å²) in [6.45, 7) is 3.88. The molecule has 2 atom stereocenters. The van der Waals surface area contributed by atoms with Gasteiger partial charge in [-0.05, 0) is 62.0 Å². The number of fused-ring (bicyclic) bond motifs is 2. The SMILES string of the molecule is O=C(c1cc2cc(Br)ccc2o1)N1CC[C@@H]2CNC[C@@H]2CC1. The van der Waals surface area contributed by atoms with E-state index in [2.05, 4.69) is 21.2 Å². The Morgan fingerprint density at radius 3 is 2.64 bits per heavy atom. The fourth-order valence-corrected chi connectivity index (χ4v) is 4.08. The maximum Gasteiger partial charge on any atom is 0.289 e. The number of benzene rings is 1. The van der Waals surface area contributed by atoms with Crippen LogP contribution in [0.5, 0.6) is 0 Å². The number of nitrogens with one attached hydrogen (secondary N) is 1. The van der Waals surface area contributed by atoms with E-state index in [4.69, 9.17) is 4.42 Å². The highest BCUT2D eigenvalue weighted by atomic mass is 79.9. The molecule has 0 aliphatic carbocycles.